The maximum absolute atomic E-state index is 12.6. The number of H-pyrrole nitrogens is 1. The van der Waals surface area contributed by atoms with E-state index in [4.69, 9.17) is 4.52 Å². The molecule has 1 unspecified atom stereocenters. The number of nitrogens with zero attached hydrogens (tertiary/aromatic N) is 3. The molecule has 11 heteroatoms. The standard InChI is InChI=1S/C13H15F3N4O3S/c1-12(2,3)11-19-10(23-20-11)6-24(22)5-8-17-7(13(14,15)16)4-9(21)18-8/h4H,5-6H2,1-3H3,(H,17,18,21). The minimum Gasteiger partial charge on any atom is -0.338 e. The maximum Gasteiger partial charge on any atom is 0.433 e. The van der Waals surface area contributed by atoms with Crippen molar-refractivity contribution in [2.45, 2.75) is 43.9 Å². The minimum atomic E-state index is -4.75. The van der Waals surface area contributed by atoms with Crippen LogP contribution in [0.5, 0.6) is 0 Å². The highest BCUT2D eigenvalue weighted by atomic mass is 32.2. The lowest BCUT2D eigenvalue weighted by molar-refractivity contribution is -0.141. The second kappa shape index (κ2) is 6.46. The van der Waals surface area contributed by atoms with E-state index in [1.54, 1.807) is 0 Å². The lowest BCUT2D eigenvalue weighted by Gasteiger charge is -2.10. The van der Waals surface area contributed by atoms with Crippen LogP contribution >= 0.6 is 0 Å². The molecule has 24 heavy (non-hydrogen) atoms. The van der Waals surface area contributed by atoms with Crippen molar-refractivity contribution in [2.24, 2.45) is 0 Å². The van der Waals surface area contributed by atoms with Crippen molar-refractivity contribution >= 4 is 10.8 Å². The molecule has 0 aliphatic rings. The molecule has 0 spiro atoms. The molecule has 2 heterocycles. The highest BCUT2D eigenvalue weighted by molar-refractivity contribution is 7.83. The fourth-order valence-corrected chi connectivity index (χ4v) is 2.62. The SMILES string of the molecule is CC(C)(C)c1noc(CS(=O)Cc2nc(C(F)(F)F)cc(=O)[nH]2)n1. The van der Waals surface area contributed by atoms with Gasteiger partial charge in [0.15, 0.2) is 11.5 Å². The Hall–Kier alpha value is -2.04. The zero-order valence-corrected chi connectivity index (χ0v) is 13.9. The summed E-state index contributed by atoms with van der Waals surface area (Å²) in [6.45, 7) is 5.61. The fraction of sp³-hybridized carbons (Fsp3) is 0.538. The molecule has 2 aromatic heterocycles. The van der Waals surface area contributed by atoms with Crippen LogP contribution in [0.25, 0.3) is 0 Å². The Labute approximate surface area is 137 Å². The molecular weight excluding hydrogens is 349 g/mol. The summed E-state index contributed by atoms with van der Waals surface area (Å²) in [6, 6.07) is 0.347. The average molecular weight is 364 g/mol. The van der Waals surface area contributed by atoms with E-state index in [1.807, 2.05) is 20.8 Å². The van der Waals surface area contributed by atoms with Gasteiger partial charge in [-0.1, -0.05) is 25.9 Å². The molecule has 1 N–H and O–H groups in total. The number of hydrogen-bond donors (Lipinski definition) is 1. The van der Waals surface area contributed by atoms with E-state index < -0.39 is 28.2 Å². The van der Waals surface area contributed by atoms with Crippen molar-refractivity contribution in [1.82, 2.24) is 20.1 Å². The molecular formula is C13H15F3N4O3S. The van der Waals surface area contributed by atoms with Gasteiger partial charge >= 0.3 is 6.18 Å². The van der Waals surface area contributed by atoms with Gasteiger partial charge in [-0.25, -0.2) is 4.98 Å². The normalized spacial score (nSPS) is 13.9. The molecule has 0 saturated heterocycles. The Kier molecular flexibility index (Phi) is 4.92. The molecule has 2 aromatic rings. The summed E-state index contributed by atoms with van der Waals surface area (Å²) < 4.78 is 54.9. The lowest BCUT2D eigenvalue weighted by Crippen LogP contribution is -2.19. The first-order valence-corrected chi connectivity index (χ1v) is 8.29. The van der Waals surface area contributed by atoms with Crippen LogP contribution in [0.15, 0.2) is 15.4 Å². The van der Waals surface area contributed by atoms with Gasteiger partial charge < -0.3 is 9.51 Å². The third-order valence-electron chi connectivity index (χ3n) is 2.80. The average Bonchev–Trinajstić information content (AvgIpc) is 2.85. The molecule has 2 rings (SSSR count). The molecule has 0 bridgehead atoms. The maximum atomic E-state index is 12.6. The van der Waals surface area contributed by atoms with E-state index in [0.29, 0.717) is 11.9 Å². The topological polar surface area (TPSA) is 102 Å². The van der Waals surface area contributed by atoms with Gasteiger partial charge in [-0.2, -0.15) is 18.2 Å². The molecule has 0 fully saturated rings. The van der Waals surface area contributed by atoms with Crippen LogP contribution in [0.4, 0.5) is 13.2 Å². The number of hydrogen-bond acceptors (Lipinski definition) is 6. The van der Waals surface area contributed by atoms with Crippen LogP contribution in [0, 0.1) is 0 Å². The number of aromatic nitrogens is 4. The number of alkyl halides is 3. The van der Waals surface area contributed by atoms with Crippen LogP contribution < -0.4 is 5.56 Å². The van der Waals surface area contributed by atoms with Gasteiger partial charge in [0.2, 0.25) is 5.89 Å². The summed E-state index contributed by atoms with van der Waals surface area (Å²) in [5.41, 5.74) is -2.64. The predicted molar refractivity (Wildman–Crippen MR) is 78.4 cm³/mol. The van der Waals surface area contributed by atoms with Crippen molar-refractivity contribution in [3.63, 3.8) is 0 Å². The first kappa shape index (κ1) is 18.3. The Morgan fingerprint density at radius 3 is 2.42 bits per heavy atom. The Bertz CT molecular complexity index is 808. The van der Waals surface area contributed by atoms with Gasteiger partial charge in [0.1, 0.15) is 11.6 Å². The summed E-state index contributed by atoms with van der Waals surface area (Å²) in [5, 5.41) is 3.77. The summed E-state index contributed by atoms with van der Waals surface area (Å²) >= 11 is 0. The fourth-order valence-electron chi connectivity index (χ4n) is 1.68. The second-order valence-corrected chi connectivity index (χ2v) is 7.52. The van der Waals surface area contributed by atoms with E-state index >= 15 is 0 Å². The van der Waals surface area contributed by atoms with Gasteiger partial charge in [-0.15, -0.1) is 0 Å². The lowest BCUT2D eigenvalue weighted by atomic mass is 9.96. The largest absolute Gasteiger partial charge is 0.433 e. The third kappa shape index (κ3) is 4.73. The summed E-state index contributed by atoms with van der Waals surface area (Å²) in [7, 11) is -1.67. The van der Waals surface area contributed by atoms with E-state index in [2.05, 4.69) is 20.1 Å². The first-order valence-electron chi connectivity index (χ1n) is 6.80. The Morgan fingerprint density at radius 1 is 1.21 bits per heavy atom. The van der Waals surface area contributed by atoms with Gasteiger partial charge in [0, 0.05) is 22.3 Å². The molecule has 0 aromatic carbocycles. The van der Waals surface area contributed by atoms with Crippen LogP contribution in [0.2, 0.25) is 0 Å². The monoisotopic (exact) mass is 364 g/mol. The predicted octanol–water partition coefficient (Wildman–Crippen LogP) is 1.92. The molecule has 1 atom stereocenters. The highest BCUT2D eigenvalue weighted by Crippen LogP contribution is 2.26. The smallest absolute Gasteiger partial charge is 0.338 e. The van der Waals surface area contributed by atoms with E-state index in [-0.39, 0.29) is 28.6 Å². The van der Waals surface area contributed by atoms with Gasteiger partial charge in [-0.05, 0) is 0 Å². The van der Waals surface area contributed by atoms with Crippen molar-refractivity contribution < 1.29 is 21.9 Å². The van der Waals surface area contributed by atoms with E-state index in [1.165, 1.54) is 0 Å². The quantitative estimate of drug-likeness (QED) is 0.889. The first-order chi connectivity index (χ1) is 10.9. The minimum absolute atomic E-state index is 0.104. The molecule has 0 saturated carbocycles. The van der Waals surface area contributed by atoms with E-state index in [0.717, 1.165) is 0 Å². The molecule has 7 nitrogen and oxygen atoms in total. The summed E-state index contributed by atoms with van der Waals surface area (Å²) in [6.07, 6.45) is -4.75. The van der Waals surface area contributed by atoms with Crippen molar-refractivity contribution in [3.05, 3.63) is 39.7 Å². The van der Waals surface area contributed by atoms with Gasteiger partial charge in [0.25, 0.3) is 5.56 Å². The molecule has 0 aliphatic heterocycles. The zero-order chi connectivity index (χ0) is 18.1. The number of halogens is 3. The number of rotatable bonds is 4. The second-order valence-electron chi connectivity index (χ2n) is 6.07. The third-order valence-corrected chi connectivity index (χ3v) is 3.97. The van der Waals surface area contributed by atoms with Crippen molar-refractivity contribution in [1.29, 1.82) is 0 Å². The van der Waals surface area contributed by atoms with Crippen molar-refractivity contribution in [2.75, 3.05) is 0 Å². The van der Waals surface area contributed by atoms with Crippen LogP contribution in [-0.2, 0) is 33.9 Å². The molecule has 0 aliphatic carbocycles. The highest BCUT2D eigenvalue weighted by Gasteiger charge is 2.33. The molecule has 0 amide bonds. The summed E-state index contributed by atoms with van der Waals surface area (Å²) in [5.74, 6) is -0.300. The van der Waals surface area contributed by atoms with Crippen LogP contribution in [0.1, 0.15) is 44.0 Å². The van der Waals surface area contributed by atoms with Gasteiger partial charge in [-0.3, -0.25) is 9.00 Å². The Balaban J connectivity index is 2.12. The number of aromatic amines is 1. The zero-order valence-electron chi connectivity index (χ0n) is 13.1. The molecule has 0 radical (unpaired) electrons. The number of nitrogens with one attached hydrogen (secondary N) is 1. The summed E-state index contributed by atoms with van der Waals surface area (Å²) in [4.78, 5) is 20.8. The Morgan fingerprint density at radius 2 is 1.88 bits per heavy atom. The van der Waals surface area contributed by atoms with Crippen LogP contribution in [-0.4, -0.2) is 24.3 Å². The molecule has 132 valence electrons. The van der Waals surface area contributed by atoms with Crippen molar-refractivity contribution in [3.8, 4) is 0 Å². The van der Waals surface area contributed by atoms with Gasteiger partial charge in [0.05, 0.1) is 5.75 Å². The van der Waals surface area contributed by atoms with Crippen LogP contribution in [0.3, 0.4) is 0 Å². The van der Waals surface area contributed by atoms with E-state index in [9.17, 15) is 22.2 Å².